The second kappa shape index (κ2) is 24.5. The molecule has 0 unspecified atom stereocenters. The van der Waals surface area contributed by atoms with Crippen LogP contribution < -0.4 is 5.73 Å². The SMILES string of the molecule is CCCCCCCCC(N)(CCCCCCCC)CCCCCCCC.O=C(O)O. The first kappa shape index (κ1) is 31.4. The molecule has 4 N–H and O–H groups in total. The molecule has 0 amide bonds. The van der Waals surface area contributed by atoms with Crippen LogP contribution in [0.1, 0.15) is 156 Å². The maximum Gasteiger partial charge on any atom is 0.503 e. The van der Waals surface area contributed by atoms with Gasteiger partial charge in [-0.1, -0.05) is 136 Å². The Balaban J connectivity index is 0. The normalized spacial score (nSPS) is 11.2. The van der Waals surface area contributed by atoms with E-state index in [9.17, 15) is 0 Å². The van der Waals surface area contributed by atoms with Gasteiger partial charge in [0.2, 0.25) is 0 Å². The molecule has 4 heteroatoms. The third kappa shape index (κ3) is 27.2. The van der Waals surface area contributed by atoms with E-state index in [1.165, 1.54) is 135 Å². The maximum absolute atomic E-state index is 8.56. The zero-order valence-corrected chi connectivity index (χ0v) is 20.7. The molecule has 0 spiro atoms. The summed E-state index contributed by atoms with van der Waals surface area (Å²) in [5, 5.41) is 13.9. The highest BCUT2D eigenvalue weighted by atomic mass is 16.6. The number of hydrogen-bond acceptors (Lipinski definition) is 2. The smallest absolute Gasteiger partial charge is 0.450 e. The third-order valence-corrected chi connectivity index (χ3v) is 6.08. The number of unbranched alkanes of at least 4 members (excludes halogenated alkanes) is 15. The summed E-state index contributed by atoms with van der Waals surface area (Å²) in [6, 6.07) is 0. The van der Waals surface area contributed by atoms with Gasteiger partial charge in [0.15, 0.2) is 0 Å². The third-order valence-electron chi connectivity index (χ3n) is 6.08. The van der Waals surface area contributed by atoms with E-state index in [4.69, 9.17) is 20.7 Å². The van der Waals surface area contributed by atoms with Crippen molar-refractivity contribution in [3.8, 4) is 0 Å². The lowest BCUT2D eigenvalue weighted by molar-refractivity contribution is 0.137. The topological polar surface area (TPSA) is 83.6 Å². The second-order valence-electron chi connectivity index (χ2n) is 9.20. The predicted octanol–water partition coefficient (Wildman–Crippen LogP) is 9.16. The molecule has 0 rings (SSSR count). The Hall–Kier alpha value is -0.770. The Morgan fingerprint density at radius 2 is 0.733 bits per heavy atom. The molecular weight excluding hydrogens is 374 g/mol. The molecule has 0 heterocycles. The van der Waals surface area contributed by atoms with Crippen LogP contribution in [0.25, 0.3) is 0 Å². The molecule has 0 saturated heterocycles. The van der Waals surface area contributed by atoms with Crippen molar-refractivity contribution in [2.24, 2.45) is 5.73 Å². The van der Waals surface area contributed by atoms with Crippen LogP contribution >= 0.6 is 0 Å². The van der Waals surface area contributed by atoms with Gasteiger partial charge in [-0.05, 0) is 19.3 Å². The molecule has 0 aliphatic carbocycles. The van der Waals surface area contributed by atoms with E-state index in [1.807, 2.05) is 0 Å². The molecular formula is C26H55NO3. The lowest BCUT2D eigenvalue weighted by atomic mass is 9.82. The highest BCUT2D eigenvalue weighted by molar-refractivity contribution is 5.53. The molecule has 0 fully saturated rings. The number of rotatable bonds is 21. The molecule has 0 aromatic rings. The van der Waals surface area contributed by atoms with Crippen molar-refractivity contribution in [1.29, 1.82) is 0 Å². The molecule has 0 saturated carbocycles. The Bertz CT molecular complexity index is 302. The van der Waals surface area contributed by atoms with Gasteiger partial charge in [-0.15, -0.1) is 0 Å². The summed E-state index contributed by atoms with van der Waals surface area (Å²) in [6.45, 7) is 6.89. The fourth-order valence-electron chi connectivity index (χ4n) is 4.15. The lowest BCUT2D eigenvalue weighted by Gasteiger charge is -2.30. The molecule has 4 nitrogen and oxygen atoms in total. The van der Waals surface area contributed by atoms with Crippen molar-refractivity contribution in [3.63, 3.8) is 0 Å². The van der Waals surface area contributed by atoms with Crippen LogP contribution in [0.4, 0.5) is 4.79 Å². The van der Waals surface area contributed by atoms with Crippen LogP contribution in [0.5, 0.6) is 0 Å². The highest BCUT2D eigenvalue weighted by Crippen LogP contribution is 2.27. The molecule has 0 atom stereocenters. The first-order valence-electron chi connectivity index (χ1n) is 13.1. The van der Waals surface area contributed by atoms with E-state index in [1.54, 1.807) is 0 Å². The minimum atomic E-state index is -1.83. The van der Waals surface area contributed by atoms with Crippen molar-refractivity contribution < 1.29 is 15.0 Å². The van der Waals surface area contributed by atoms with E-state index < -0.39 is 6.16 Å². The zero-order chi connectivity index (χ0) is 22.9. The Morgan fingerprint density at radius 3 is 0.967 bits per heavy atom. The van der Waals surface area contributed by atoms with Gasteiger partial charge >= 0.3 is 6.16 Å². The Morgan fingerprint density at radius 1 is 0.533 bits per heavy atom. The van der Waals surface area contributed by atoms with E-state index in [-0.39, 0.29) is 5.54 Å². The van der Waals surface area contributed by atoms with Crippen molar-refractivity contribution in [1.82, 2.24) is 0 Å². The molecule has 0 aliphatic heterocycles. The van der Waals surface area contributed by atoms with Gasteiger partial charge < -0.3 is 15.9 Å². The molecule has 0 aromatic carbocycles. The number of carboxylic acid groups (broad SMARTS) is 2. The van der Waals surface area contributed by atoms with Crippen molar-refractivity contribution in [2.45, 2.75) is 161 Å². The monoisotopic (exact) mass is 429 g/mol. The average Bonchev–Trinajstić information content (AvgIpc) is 2.70. The van der Waals surface area contributed by atoms with E-state index in [0.29, 0.717) is 0 Å². The van der Waals surface area contributed by atoms with Crippen molar-refractivity contribution >= 4 is 6.16 Å². The minimum absolute atomic E-state index is 0.139. The first-order valence-corrected chi connectivity index (χ1v) is 13.1. The number of nitrogens with two attached hydrogens (primary N) is 1. The minimum Gasteiger partial charge on any atom is -0.450 e. The summed E-state index contributed by atoms with van der Waals surface area (Å²) >= 11 is 0. The Labute approximate surface area is 188 Å². The van der Waals surface area contributed by atoms with Crippen molar-refractivity contribution in [3.05, 3.63) is 0 Å². The fraction of sp³-hybridized carbons (Fsp3) is 0.962. The molecule has 0 bridgehead atoms. The average molecular weight is 430 g/mol. The largest absolute Gasteiger partial charge is 0.503 e. The second-order valence-corrected chi connectivity index (χ2v) is 9.20. The summed E-state index contributed by atoms with van der Waals surface area (Å²) in [4.78, 5) is 8.56. The number of carbonyl (C=O) groups is 1. The maximum atomic E-state index is 8.56. The highest BCUT2D eigenvalue weighted by Gasteiger charge is 2.23. The summed E-state index contributed by atoms with van der Waals surface area (Å²) in [6.07, 6.45) is 27.0. The van der Waals surface area contributed by atoms with E-state index >= 15 is 0 Å². The van der Waals surface area contributed by atoms with Crippen molar-refractivity contribution in [2.75, 3.05) is 0 Å². The van der Waals surface area contributed by atoms with Crippen LogP contribution in [0, 0.1) is 0 Å². The van der Waals surface area contributed by atoms with Gasteiger partial charge in [0.1, 0.15) is 0 Å². The van der Waals surface area contributed by atoms with Gasteiger partial charge in [-0.25, -0.2) is 4.79 Å². The van der Waals surface area contributed by atoms with Crippen LogP contribution in [0.2, 0.25) is 0 Å². The molecule has 0 radical (unpaired) electrons. The van der Waals surface area contributed by atoms with Gasteiger partial charge in [0.05, 0.1) is 0 Å². The van der Waals surface area contributed by atoms with Crippen LogP contribution in [-0.4, -0.2) is 21.9 Å². The molecule has 182 valence electrons. The standard InChI is InChI=1S/C25H53N.CH2O3/c1-4-7-10-13-16-19-22-25(26,23-20-17-14-11-8-5-2)24-21-18-15-12-9-6-3;2-1(3)4/h4-24,26H2,1-3H3;(H2,2,3,4). The van der Waals surface area contributed by atoms with Gasteiger partial charge in [0.25, 0.3) is 0 Å². The Kier molecular flexibility index (Phi) is 25.7. The fourth-order valence-corrected chi connectivity index (χ4v) is 4.15. The first-order chi connectivity index (χ1) is 14.4. The molecule has 0 aromatic heterocycles. The quantitative estimate of drug-likeness (QED) is 0.159. The number of hydrogen-bond donors (Lipinski definition) is 3. The van der Waals surface area contributed by atoms with Gasteiger partial charge in [-0.3, -0.25) is 0 Å². The van der Waals surface area contributed by atoms with Crippen LogP contribution in [-0.2, 0) is 0 Å². The lowest BCUT2D eigenvalue weighted by Crippen LogP contribution is -2.39. The summed E-state index contributed by atoms with van der Waals surface area (Å²) in [5.41, 5.74) is 7.06. The summed E-state index contributed by atoms with van der Waals surface area (Å²) in [5.74, 6) is 0. The summed E-state index contributed by atoms with van der Waals surface area (Å²) in [7, 11) is 0. The van der Waals surface area contributed by atoms with E-state index in [0.717, 1.165) is 0 Å². The zero-order valence-electron chi connectivity index (χ0n) is 20.7. The van der Waals surface area contributed by atoms with Crippen LogP contribution in [0.15, 0.2) is 0 Å². The predicted molar refractivity (Wildman–Crippen MR) is 132 cm³/mol. The van der Waals surface area contributed by atoms with E-state index in [2.05, 4.69) is 20.8 Å². The van der Waals surface area contributed by atoms with Gasteiger partial charge in [-0.2, -0.15) is 0 Å². The summed E-state index contributed by atoms with van der Waals surface area (Å²) < 4.78 is 0. The van der Waals surface area contributed by atoms with Crippen LogP contribution in [0.3, 0.4) is 0 Å². The molecule has 30 heavy (non-hydrogen) atoms. The van der Waals surface area contributed by atoms with Gasteiger partial charge in [0, 0.05) is 5.54 Å². The molecule has 0 aliphatic rings.